The number of furan rings is 1. The highest BCUT2D eigenvalue weighted by atomic mass is 35.5. The molecule has 140 valence electrons. The van der Waals surface area contributed by atoms with Gasteiger partial charge in [-0.1, -0.05) is 23.2 Å². The van der Waals surface area contributed by atoms with Crippen molar-refractivity contribution in [3.05, 3.63) is 52.3 Å². The Labute approximate surface area is 163 Å². The molecule has 3 aromatic rings. The number of hydrogen-bond donors (Lipinski definition) is 2. The van der Waals surface area contributed by atoms with Gasteiger partial charge in [-0.05, 0) is 25.1 Å². The van der Waals surface area contributed by atoms with Crippen LogP contribution in [-0.2, 0) is 20.7 Å². The van der Waals surface area contributed by atoms with Crippen LogP contribution in [-0.4, -0.2) is 28.1 Å². The quantitative estimate of drug-likeness (QED) is 0.619. The molecule has 0 radical (unpaired) electrons. The van der Waals surface area contributed by atoms with Gasteiger partial charge in [-0.25, -0.2) is 4.98 Å². The smallest absolute Gasteiger partial charge is 0.311 e. The number of carbonyl (C=O) groups excluding carboxylic acids is 2. The van der Waals surface area contributed by atoms with Crippen molar-refractivity contribution < 1.29 is 23.8 Å². The molecule has 7 nitrogen and oxygen atoms in total. The standard InChI is InChI=1S/C18H14Cl2N2O5/c1-9(18(25)22-17-14(20)5-11(19)7-21-17)27-16(24)4-10-8-26-15-6-12(23)2-3-13(10)15/h2-3,5-9,23H,4H2,1H3,(H,21,22,25)/t9-/m0/s1. The number of anilines is 1. The maximum Gasteiger partial charge on any atom is 0.311 e. The van der Waals surface area contributed by atoms with Crippen LogP contribution in [0.3, 0.4) is 0 Å². The summed E-state index contributed by atoms with van der Waals surface area (Å²) in [5, 5.41) is 13.1. The predicted molar refractivity (Wildman–Crippen MR) is 100 cm³/mol. The van der Waals surface area contributed by atoms with E-state index < -0.39 is 18.0 Å². The summed E-state index contributed by atoms with van der Waals surface area (Å²) in [5.41, 5.74) is 1.04. The van der Waals surface area contributed by atoms with Crippen LogP contribution in [0.2, 0.25) is 10.0 Å². The minimum Gasteiger partial charge on any atom is -0.508 e. The van der Waals surface area contributed by atoms with Gasteiger partial charge in [-0.15, -0.1) is 0 Å². The minimum atomic E-state index is -1.06. The van der Waals surface area contributed by atoms with Crippen LogP contribution in [0.1, 0.15) is 12.5 Å². The molecule has 3 rings (SSSR count). The van der Waals surface area contributed by atoms with E-state index in [9.17, 15) is 14.7 Å². The Morgan fingerprint density at radius 3 is 2.85 bits per heavy atom. The number of pyridine rings is 1. The average Bonchev–Trinajstić information content (AvgIpc) is 2.98. The van der Waals surface area contributed by atoms with Crippen LogP contribution in [0.25, 0.3) is 11.0 Å². The number of fused-ring (bicyclic) bond motifs is 1. The average molecular weight is 409 g/mol. The van der Waals surface area contributed by atoms with Gasteiger partial charge in [-0.2, -0.15) is 0 Å². The molecule has 2 N–H and O–H groups in total. The van der Waals surface area contributed by atoms with E-state index in [4.69, 9.17) is 32.4 Å². The summed E-state index contributed by atoms with van der Waals surface area (Å²) >= 11 is 11.7. The molecule has 0 aliphatic carbocycles. The van der Waals surface area contributed by atoms with Crippen molar-refractivity contribution in [2.75, 3.05) is 5.32 Å². The first-order valence-corrected chi connectivity index (χ1v) is 8.59. The van der Waals surface area contributed by atoms with Crippen molar-refractivity contribution in [2.45, 2.75) is 19.4 Å². The fourth-order valence-electron chi connectivity index (χ4n) is 2.38. The number of benzene rings is 1. The first kappa shape index (κ1) is 19.0. The number of halogens is 2. The van der Waals surface area contributed by atoms with Crippen molar-refractivity contribution in [3.8, 4) is 5.75 Å². The Bertz CT molecular complexity index is 1020. The fraction of sp³-hybridized carbons (Fsp3) is 0.167. The molecule has 0 aliphatic rings. The topological polar surface area (TPSA) is 102 Å². The van der Waals surface area contributed by atoms with Crippen molar-refractivity contribution in [2.24, 2.45) is 0 Å². The molecular weight excluding hydrogens is 395 g/mol. The molecule has 0 spiro atoms. The predicted octanol–water partition coefficient (Wildman–Crippen LogP) is 3.95. The number of nitrogens with zero attached hydrogens (tertiary/aromatic N) is 1. The van der Waals surface area contributed by atoms with Gasteiger partial charge >= 0.3 is 5.97 Å². The Morgan fingerprint density at radius 1 is 1.33 bits per heavy atom. The highest BCUT2D eigenvalue weighted by Crippen LogP contribution is 2.26. The van der Waals surface area contributed by atoms with E-state index in [0.29, 0.717) is 21.6 Å². The molecular formula is C18H14Cl2N2O5. The van der Waals surface area contributed by atoms with Crippen LogP contribution >= 0.6 is 23.2 Å². The molecule has 2 aromatic heterocycles. The molecule has 0 saturated heterocycles. The van der Waals surface area contributed by atoms with Crippen LogP contribution in [0.15, 0.2) is 41.1 Å². The number of nitrogens with one attached hydrogen (secondary N) is 1. The lowest BCUT2D eigenvalue weighted by Gasteiger charge is -2.13. The number of aromatic hydroxyl groups is 1. The summed E-state index contributed by atoms with van der Waals surface area (Å²) < 4.78 is 10.5. The summed E-state index contributed by atoms with van der Waals surface area (Å²) in [5.74, 6) is -1.01. The van der Waals surface area contributed by atoms with Gasteiger partial charge < -0.3 is 19.6 Å². The second kappa shape index (κ2) is 7.85. The number of aromatic nitrogens is 1. The van der Waals surface area contributed by atoms with Gasteiger partial charge in [0.2, 0.25) is 0 Å². The summed E-state index contributed by atoms with van der Waals surface area (Å²) in [6.07, 6.45) is 1.60. The number of carbonyl (C=O) groups is 2. The van der Waals surface area contributed by atoms with E-state index in [0.717, 1.165) is 0 Å². The van der Waals surface area contributed by atoms with E-state index in [2.05, 4.69) is 10.3 Å². The first-order valence-electron chi connectivity index (χ1n) is 7.84. The third-order valence-corrected chi connectivity index (χ3v) is 4.20. The Balaban J connectivity index is 1.61. The van der Waals surface area contributed by atoms with Gasteiger partial charge in [0.25, 0.3) is 5.91 Å². The number of ether oxygens (including phenoxy) is 1. The highest BCUT2D eigenvalue weighted by molar-refractivity contribution is 6.36. The molecule has 1 atom stereocenters. The molecule has 2 heterocycles. The lowest BCUT2D eigenvalue weighted by Crippen LogP contribution is -2.30. The van der Waals surface area contributed by atoms with Crippen LogP contribution in [0, 0.1) is 0 Å². The van der Waals surface area contributed by atoms with Crippen LogP contribution < -0.4 is 5.32 Å². The molecule has 27 heavy (non-hydrogen) atoms. The second-order valence-electron chi connectivity index (χ2n) is 5.72. The van der Waals surface area contributed by atoms with Gasteiger partial charge in [0, 0.05) is 23.2 Å². The van der Waals surface area contributed by atoms with E-state index in [1.165, 1.54) is 37.6 Å². The molecule has 9 heteroatoms. The molecule has 1 amide bonds. The fourth-order valence-corrected chi connectivity index (χ4v) is 2.81. The summed E-state index contributed by atoms with van der Waals surface area (Å²) in [6.45, 7) is 1.43. The summed E-state index contributed by atoms with van der Waals surface area (Å²) in [7, 11) is 0. The zero-order chi connectivity index (χ0) is 19.6. The van der Waals surface area contributed by atoms with Gasteiger partial charge in [-0.3, -0.25) is 9.59 Å². The van der Waals surface area contributed by atoms with E-state index in [-0.39, 0.29) is 23.0 Å². The zero-order valence-electron chi connectivity index (χ0n) is 14.0. The third kappa shape index (κ3) is 4.50. The van der Waals surface area contributed by atoms with Crippen molar-refractivity contribution in [1.29, 1.82) is 0 Å². The maximum atomic E-state index is 12.2. The Kier molecular flexibility index (Phi) is 5.53. The first-order chi connectivity index (χ1) is 12.8. The highest BCUT2D eigenvalue weighted by Gasteiger charge is 2.21. The monoisotopic (exact) mass is 408 g/mol. The SMILES string of the molecule is C[C@H](OC(=O)Cc1coc2cc(O)ccc12)C(=O)Nc1ncc(Cl)cc1Cl. The molecule has 0 saturated carbocycles. The van der Waals surface area contributed by atoms with Gasteiger partial charge in [0.1, 0.15) is 11.3 Å². The van der Waals surface area contributed by atoms with Gasteiger partial charge in [0.05, 0.1) is 22.7 Å². The van der Waals surface area contributed by atoms with Crippen molar-refractivity contribution in [1.82, 2.24) is 4.98 Å². The summed E-state index contributed by atoms with van der Waals surface area (Å²) in [6, 6.07) is 6.01. The number of hydrogen-bond acceptors (Lipinski definition) is 6. The number of phenolic OH excluding ortho intramolecular Hbond substituents is 1. The van der Waals surface area contributed by atoms with Crippen molar-refractivity contribution >= 4 is 51.9 Å². The van der Waals surface area contributed by atoms with Gasteiger partial charge in [0.15, 0.2) is 11.9 Å². The number of phenols is 1. The molecule has 0 unspecified atom stereocenters. The minimum absolute atomic E-state index is 0.0609. The molecule has 0 aliphatic heterocycles. The number of esters is 1. The number of rotatable bonds is 5. The van der Waals surface area contributed by atoms with E-state index in [1.54, 1.807) is 6.07 Å². The maximum absolute atomic E-state index is 12.2. The van der Waals surface area contributed by atoms with E-state index >= 15 is 0 Å². The van der Waals surface area contributed by atoms with E-state index in [1.807, 2.05) is 0 Å². The largest absolute Gasteiger partial charge is 0.508 e. The number of amides is 1. The Hall–Kier alpha value is -2.77. The molecule has 1 aromatic carbocycles. The lowest BCUT2D eigenvalue weighted by atomic mass is 10.1. The Morgan fingerprint density at radius 2 is 2.11 bits per heavy atom. The normalized spacial score (nSPS) is 12.0. The third-order valence-electron chi connectivity index (χ3n) is 3.70. The molecule has 0 bridgehead atoms. The van der Waals surface area contributed by atoms with Crippen LogP contribution in [0.5, 0.6) is 5.75 Å². The lowest BCUT2D eigenvalue weighted by molar-refractivity contribution is -0.152. The summed E-state index contributed by atoms with van der Waals surface area (Å²) in [4.78, 5) is 28.2. The van der Waals surface area contributed by atoms with Crippen molar-refractivity contribution in [3.63, 3.8) is 0 Å². The van der Waals surface area contributed by atoms with Crippen LogP contribution in [0.4, 0.5) is 5.82 Å². The zero-order valence-corrected chi connectivity index (χ0v) is 15.5. The molecule has 0 fully saturated rings. The second-order valence-corrected chi connectivity index (χ2v) is 6.57.